The van der Waals surface area contributed by atoms with Crippen LogP contribution in [-0.2, 0) is 9.59 Å². The molecule has 0 unspecified atom stereocenters. The van der Waals surface area contributed by atoms with Gasteiger partial charge in [-0.1, -0.05) is 23.7 Å². The third-order valence-corrected chi connectivity index (χ3v) is 5.46. The van der Waals surface area contributed by atoms with E-state index in [0.29, 0.717) is 34.5 Å². The summed E-state index contributed by atoms with van der Waals surface area (Å²) < 4.78 is 10.4. The Morgan fingerprint density at radius 1 is 1.22 bits per heavy atom. The average molecular weight is 407 g/mol. The van der Waals surface area contributed by atoms with Gasteiger partial charge in [0.2, 0.25) is 11.8 Å². The zero-order valence-corrected chi connectivity index (χ0v) is 16.5. The first-order chi connectivity index (χ1) is 13.0. The van der Waals surface area contributed by atoms with Crippen LogP contribution in [0.5, 0.6) is 11.5 Å². The third kappa shape index (κ3) is 4.31. The Kier molecular flexibility index (Phi) is 6.13. The summed E-state index contributed by atoms with van der Waals surface area (Å²) in [6.45, 7) is 0.301. The number of amides is 2. The molecule has 6 nitrogen and oxygen atoms in total. The molecular formula is C19H19ClN2O4S. The lowest BCUT2D eigenvalue weighted by Gasteiger charge is -2.28. The van der Waals surface area contributed by atoms with Gasteiger partial charge < -0.3 is 19.7 Å². The molecule has 0 fully saturated rings. The highest BCUT2D eigenvalue weighted by atomic mass is 35.5. The molecule has 1 aliphatic rings. The standard InChI is InChI=1S/C19H19ClN2O4S/c1-25-15-10-13(16(26-2)9-12(15)20)21-18(23)7-8-22-14-5-3-4-6-17(14)27-11-19(22)24/h3-6,9-10H,7-8,11H2,1-2H3,(H,21,23). The lowest BCUT2D eigenvalue weighted by atomic mass is 10.2. The summed E-state index contributed by atoms with van der Waals surface area (Å²) in [6, 6.07) is 10.9. The van der Waals surface area contributed by atoms with Gasteiger partial charge in [0.25, 0.3) is 0 Å². The summed E-state index contributed by atoms with van der Waals surface area (Å²) in [5.41, 5.74) is 1.31. The fraction of sp³-hybridized carbons (Fsp3) is 0.263. The van der Waals surface area contributed by atoms with E-state index in [1.54, 1.807) is 17.0 Å². The molecule has 0 aliphatic carbocycles. The second-order valence-corrected chi connectivity index (χ2v) is 7.21. The van der Waals surface area contributed by atoms with Crippen LogP contribution in [0, 0.1) is 0 Å². The predicted molar refractivity (Wildman–Crippen MR) is 107 cm³/mol. The van der Waals surface area contributed by atoms with E-state index < -0.39 is 0 Å². The Bertz CT molecular complexity index is 875. The molecule has 3 rings (SSSR count). The van der Waals surface area contributed by atoms with Crippen LogP contribution in [0.2, 0.25) is 5.02 Å². The van der Waals surface area contributed by atoms with Crippen LogP contribution in [0.1, 0.15) is 6.42 Å². The number of anilines is 2. The van der Waals surface area contributed by atoms with Gasteiger partial charge in [0.05, 0.1) is 36.4 Å². The Labute approximate surface area is 166 Å². The first-order valence-corrected chi connectivity index (χ1v) is 9.63. The number of para-hydroxylation sites is 1. The normalized spacial score (nSPS) is 13.1. The summed E-state index contributed by atoms with van der Waals surface area (Å²) >= 11 is 7.59. The van der Waals surface area contributed by atoms with Crippen molar-refractivity contribution >= 4 is 46.6 Å². The number of thioether (sulfide) groups is 1. The molecule has 0 spiro atoms. The summed E-state index contributed by atoms with van der Waals surface area (Å²) in [4.78, 5) is 27.4. The Balaban J connectivity index is 1.70. The second-order valence-electron chi connectivity index (χ2n) is 5.79. The van der Waals surface area contributed by atoms with Gasteiger partial charge in [-0.05, 0) is 12.1 Å². The molecule has 142 valence electrons. The number of hydrogen-bond acceptors (Lipinski definition) is 5. The molecule has 0 aromatic heterocycles. The maximum absolute atomic E-state index is 12.4. The summed E-state index contributed by atoms with van der Waals surface area (Å²) in [7, 11) is 2.99. The molecule has 8 heteroatoms. The maximum Gasteiger partial charge on any atom is 0.237 e. The van der Waals surface area contributed by atoms with Crippen LogP contribution in [-0.4, -0.2) is 38.3 Å². The van der Waals surface area contributed by atoms with Crippen LogP contribution in [0.15, 0.2) is 41.3 Å². The number of halogens is 1. The first kappa shape index (κ1) is 19.4. The highest BCUT2D eigenvalue weighted by molar-refractivity contribution is 8.00. The molecule has 2 aromatic rings. The Hall–Kier alpha value is -2.38. The van der Waals surface area contributed by atoms with E-state index in [4.69, 9.17) is 21.1 Å². The zero-order chi connectivity index (χ0) is 19.4. The highest BCUT2D eigenvalue weighted by Crippen LogP contribution is 2.37. The number of benzene rings is 2. The molecule has 1 heterocycles. The average Bonchev–Trinajstić information content (AvgIpc) is 2.68. The monoisotopic (exact) mass is 406 g/mol. The molecule has 2 amide bonds. The number of hydrogen-bond donors (Lipinski definition) is 1. The molecule has 0 saturated heterocycles. The lowest BCUT2D eigenvalue weighted by molar-refractivity contribution is -0.117. The summed E-state index contributed by atoms with van der Waals surface area (Å²) in [5, 5.41) is 3.19. The van der Waals surface area contributed by atoms with Crippen molar-refractivity contribution in [2.45, 2.75) is 11.3 Å². The third-order valence-electron chi connectivity index (χ3n) is 4.12. The molecule has 1 N–H and O–H groups in total. The number of carbonyl (C=O) groups is 2. The van der Waals surface area contributed by atoms with Gasteiger partial charge in [-0.3, -0.25) is 9.59 Å². The number of rotatable bonds is 6. The van der Waals surface area contributed by atoms with Gasteiger partial charge in [0.15, 0.2) is 0 Å². The van der Waals surface area contributed by atoms with Gasteiger partial charge in [-0.2, -0.15) is 0 Å². The molecule has 27 heavy (non-hydrogen) atoms. The predicted octanol–water partition coefficient (Wildman–Crippen LogP) is 3.82. The fourth-order valence-electron chi connectivity index (χ4n) is 2.78. The van der Waals surface area contributed by atoms with Crippen LogP contribution in [0.4, 0.5) is 11.4 Å². The minimum Gasteiger partial charge on any atom is -0.495 e. The number of carbonyl (C=O) groups excluding carboxylic acids is 2. The Morgan fingerprint density at radius 3 is 2.70 bits per heavy atom. The minimum absolute atomic E-state index is 0.00255. The Morgan fingerprint density at radius 2 is 1.96 bits per heavy atom. The van der Waals surface area contributed by atoms with Crippen molar-refractivity contribution in [2.75, 3.05) is 36.7 Å². The number of methoxy groups -OCH3 is 2. The van der Waals surface area contributed by atoms with Crippen LogP contribution >= 0.6 is 23.4 Å². The van der Waals surface area contributed by atoms with Crippen molar-refractivity contribution in [1.82, 2.24) is 0 Å². The van der Waals surface area contributed by atoms with E-state index >= 15 is 0 Å². The number of fused-ring (bicyclic) bond motifs is 1. The van der Waals surface area contributed by atoms with Crippen molar-refractivity contribution in [2.24, 2.45) is 0 Å². The number of nitrogens with one attached hydrogen (secondary N) is 1. The van der Waals surface area contributed by atoms with Crippen molar-refractivity contribution in [3.8, 4) is 11.5 Å². The summed E-state index contributed by atoms with van der Waals surface area (Å²) in [6.07, 6.45) is 0.152. The van der Waals surface area contributed by atoms with Gasteiger partial charge >= 0.3 is 0 Å². The topological polar surface area (TPSA) is 67.9 Å². The SMILES string of the molecule is COc1cc(NC(=O)CCN2C(=O)CSc3ccccc32)c(OC)cc1Cl. The lowest BCUT2D eigenvalue weighted by Crippen LogP contribution is -2.37. The number of ether oxygens (including phenoxy) is 2. The molecule has 1 aliphatic heterocycles. The molecule has 0 bridgehead atoms. The molecule has 2 aromatic carbocycles. The van der Waals surface area contributed by atoms with Crippen LogP contribution in [0.25, 0.3) is 0 Å². The number of nitrogens with zero attached hydrogens (tertiary/aromatic N) is 1. The van der Waals surface area contributed by atoms with Gasteiger partial charge in [-0.15, -0.1) is 11.8 Å². The van der Waals surface area contributed by atoms with E-state index in [0.717, 1.165) is 10.6 Å². The van der Waals surface area contributed by atoms with E-state index in [2.05, 4.69) is 5.32 Å². The quantitative estimate of drug-likeness (QED) is 0.789. The largest absolute Gasteiger partial charge is 0.495 e. The maximum atomic E-state index is 12.4. The smallest absolute Gasteiger partial charge is 0.237 e. The molecule has 0 saturated carbocycles. The first-order valence-electron chi connectivity index (χ1n) is 8.27. The van der Waals surface area contributed by atoms with E-state index in [1.165, 1.54) is 26.0 Å². The minimum atomic E-state index is -0.235. The van der Waals surface area contributed by atoms with Crippen molar-refractivity contribution in [3.63, 3.8) is 0 Å². The van der Waals surface area contributed by atoms with Crippen molar-refractivity contribution < 1.29 is 19.1 Å². The van der Waals surface area contributed by atoms with Crippen LogP contribution < -0.4 is 19.7 Å². The van der Waals surface area contributed by atoms with E-state index in [-0.39, 0.29) is 18.2 Å². The molecular weight excluding hydrogens is 388 g/mol. The van der Waals surface area contributed by atoms with Gasteiger partial charge in [-0.25, -0.2) is 0 Å². The summed E-state index contributed by atoms with van der Waals surface area (Å²) in [5.74, 6) is 1.01. The second kappa shape index (κ2) is 8.54. The fourth-order valence-corrected chi connectivity index (χ4v) is 3.95. The van der Waals surface area contributed by atoms with Gasteiger partial charge in [0.1, 0.15) is 11.5 Å². The highest BCUT2D eigenvalue weighted by Gasteiger charge is 2.24. The van der Waals surface area contributed by atoms with Crippen molar-refractivity contribution in [1.29, 1.82) is 0 Å². The van der Waals surface area contributed by atoms with E-state index in [1.807, 2.05) is 24.3 Å². The van der Waals surface area contributed by atoms with Crippen LogP contribution in [0.3, 0.4) is 0 Å². The molecule has 0 atom stereocenters. The van der Waals surface area contributed by atoms with Gasteiger partial charge in [0, 0.05) is 30.0 Å². The van der Waals surface area contributed by atoms with Crippen molar-refractivity contribution in [3.05, 3.63) is 41.4 Å². The molecule has 0 radical (unpaired) electrons. The van der Waals surface area contributed by atoms with E-state index in [9.17, 15) is 9.59 Å². The zero-order valence-electron chi connectivity index (χ0n) is 15.0.